The number of carboxylic acid groups (broad SMARTS) is 2. The van der Waals surface area contributed by atoms with Gasteiger partial charge in [0, 0.05) is 11.3 Å². The summed E-state index contributed by atoms with van der Waals surface area (Å²) in [6.07, 6.45) is -3.87. The van der Waals surface area contributed by atoms with Gasteiger partial charge >= 0.3 is 18.0 Å². The van der Waals surface area contributed by atoms with Gasteiger partial charge in [-0.25, -0.2) is 18.8 Å². The van der Waals surface area contributed by atoms with E-state index in [1.807, 2.05) is 24.0 Å². The van der Waals surface area contributed by atoms with Gasteiger partial charge in [-0.05, 0) is 25.1 Å². The van der Waals surface area contributed by atoms with Crippen LogP contribution in [0.1, 0.15) is 11.3 Å². The van der Waals surface area contributed by atoms with Gasteiger partial charge in [0.15, 0.2) is 24.0 Å². The van der Waals surface area contributed by atoms with Crippen LogP contribution in [0.4, 0.5) is 14.9 Å². The van der Waals surface area contributed by atoms with E-state index < -0.39 is 42.0 Å². The van der Waals surface area contributed by atoms with E-state index in [4.69, 9.17) is 41.4 Å². The number of carbonyl (C=O) groups is 3. The summed E-state index contributed by atoms with van der Waals surface area (Å²) in [5, 5.41) is 32.5. The third-order valence-corrected chi connectivity index (χ3v) is 4.81. The van der Waals surface area contributed by atoms with Gasteiger partial charge in [-0.2, -0.15) is 0 Å². The quantitative estimate of drug-likeness (QED) is 0.191. The molecule has 200 valence electrons. The first kappa shape index (κ1) is 28.7. The summed E-state index contributed by atoms with van der Waals surface area (Å²) in [6.45, 7) is 2.72. The number of carbonyl (C=O) groups excluding carboxylic acids is 1. The van der Waals surface area contributed by atoms with E-state index in [-0.39, 0.29) is 18.3 Å². The number of aliphatic hydroxyl groups is 2. The molecule has 1 aliphatic heterocycles. The highest BCUT2D eigenvalue weighted by Gasteiger charge is 2.31. The lowest BCUT2D eigenvalue weighted by Gasteiger charge is -2.40. The number of ether oxygens (including phenoxy) is 2. The van der Waals surface area contributed by atoms with Crippen molar-refractivity contribution < 1.29 is 48.7 Å². The Hall–Kier alpha value is -4.50. The van der Waals surface area contributed by atoms with Gasteiger partial charge in [0.25, 0.3) is 0 Å². The van der Waals surface area contributed by atoms with Crippen molar-refractivity contribution in [1.82, 2.24) is 4.98 Å². The summed E-state index contributed by atoms with van der Waals surface area (Å²) >= 11 is 0. The van der Waals surface area contributed by atoms with Crippen LogP contribution in [0, 0.1) is 12.7 Å². The molecular weight excluding hydrogens is 497 g/mol. The van der Waals surface area contributed by atoms with Gasteiger partial charge in [-0.3, -0.25) is 4.98 Å². The molecule has 1 saturated heterocycles. The molecule has 1 aromatic heterocycles. The van der Waals surface area contributed by atoms with E-state index in [2.05, 4.69) is 9.98 Å². The summed E-state index contributed by atoms with van der Waals surface area (Å²) in [7, 11) is 0. The maximum Gasteiger partial charge on any atom is 0.437 e. The van der Waals surface area contributed by atoms with Gasteiger partial charge < -0.3 is 46.3 Å². The number of amides is 1. The van der Waals surface area contributed by atoms with Crippen molar-refractivity contribution in [3.63, 3.8) is 0 Å². The van der Waals surface area contributed by atoms with Gasteiger partial charge in [0.2, 0.25) is 0 Å². The number of aromatic nitrogens is 1. The molecule has 3 rings (SSSR count). The van der Waals surface area contributed by atoms with Crippen LogP contribution in [0.25, 0.3) is 0 Å². The minimum absolute atomic E-state index is 0.0442. The van der Waals surface area contributed by atoms with Gasteiger partial charge in [0.05, 0.1) is 25.0 Å². The topological polar surface area (TPSA) is 231 Å². The maximum absolute atomic E-state index is 14.7. The van der Waals surface area contributed by atoms with Crippen LogP contribution in [-0.4, -0.2) is 80.8 Å². The van der Waals surface area contributed by atoms with Crippen molar-refractivity contribution in [2.24, 2.45) is 16.5 Å². The molecule has 2 aromatic rings. The minimum Gasteiger partial charge on any atom is -0.485 e. The molecule has 0 saturated carbocycles. The molecule has 2 heterocycles. The zero-order valence-corrected chi connectivity index (χ0v) is 19.5. The zero-order valence-electron chi connectivity index (χ0n) is 19.5. The Morgan fingerprint density at radius 3 is 2.27 bits per heavy atom. The number of guanidine groups is 1. The van der Waals surface area contributed by atoms with Gasteiger partial charge in [-0.1, -0.05) is 12.1 Å². The molecule has 2 atom stereocenters. The number of anilines is 1. The van der Waals surface area contributed by atoms with Crippen LogP contribution in [0.5, 0.6) is 5.75 Å². The van der Waals surface area contributed by atoms with Crippen molar-refractivity contribution in [1.29, 1.82) is 0 Å². The average molecular weight is 523 g/mol. The van der Waals surface area contributed by atoms with Crippen molar-refractivity contribution in [3.8, 4) is 5.75 Å². The second-order valence-corrected chi connectivity index (χ2v) is 7.69. The predicted molar refractivity (Wildman–Crippen MR) is 125 cm³/mol. The molecular formula is C22H26FN5O9. The molecule has 8 N–H and O–H groups in total. The summed E-state index contributed by atoms with van der Waals surface area (Å²) in [5.74, 6) is -3.72. The van der Waals surface area contributed by atoms with Crippen LogP contribution < -0.4 is 21.1 Å². The number of nitrogens with zero attached hydrogens (tertiary/aromatic N) is 3. The van der Waals surface area contributed by atoms with Crippen LogP contribution in [-0.2, 0) is 20.9 Å². The Morgan fingerprint density at radius 1 is 1.14 bits per heavy atom. The fourth-order valence-electron chi connectivity index (χ4n) is 2.89. The number of hydrogen-bond donors (Lipinski definition) is 6. The number of hydrogen-bond acceptors (Lipinski definition) is 9. The highest BCUT2D eigenvalue weighted by molar-refractivity contribution is 5.87. The molecule has 15 heteroatoms. The standard InChI is InChI=1S/C18H20FN5O3.C4H6O6/c1-11-5-6-13(7-22-11)27-14-8-24(9-14)15-4-2-3-12(16(15)19)10-26-18(25)23-17(20)21;5-1(3(7)8)2(6)4(9)10/h2-7,14H,8-10H2,1H3,(H4,20,21,23,25);1-2,5-6H,(H,7,8)(H,9,10)/t;1-,2-/m.1/s1. The molecule has 0 radical (unpaired) electrons. The van der Waals surface area contributed by atoms with Crippen molar-refractivity contribution in [3.05, 3.63) is 53.6 Å². The Balaban J connectivity index is 0.000000410. The first-order valence-electron chi connectivity index (χ1n) is 10.6. The number of aliphatic carboxylic acids is 2. The third kappa shape index (κ3) is 8.59. The molecule has 14 nitrogen and oxygen atoms in total. The van der Waals surface area contributed by atoms with E-state index in [0.717, 1.165) is 5.69 Å². The Labute approximate surface area is 209 Å². The SMILES string of the molecule is Cc1ccc(OC2CN(c3cccc(COC(=O)N=C(N)N)c3F)C2)cn1.O=C(O)[C@H](O)[C@@H](O)C(=O)O. The summed E-state index contributed by atoms with van der Waals surface area (Å²) in [4.78, 5) is 40.1. The van der Waals surface area contributed by atoms with Gasteiger partial charge in [-0.15, -0.1) is 4.99 Å². The fourth-order valence-corrected chi connectivity index (χ4v) is 2.89. The highest BCUT2D eigenvalue weighted by Crippen LogP contribution is 2.28. The monoisotopic (exact) mass is 523 g/mol. The Bertz CT molecular complexity index is 1120. The Kier molecular flexibility index (Phi) is 10.1. The summed E-state index contributed by atoms with van der Waals surface area (Å²) in [5.41, 5.74) is 11.7. The molecule has 37 heavy (non-hydrogen) atoms. The van der Waals surface area contributed by atoms with Crippen LogP contribution in [0.15, 0.2) is 41.5 Å². The van der Waals surface area contributed by atoms with E-state index in [1.54, 1.807) is 18.3 Å². The highest BCUT2D eigenvalue weighted by atomic mass is 19.1. The number of pyridine rings is 1. The number of benzene rings is 1. The normalized spacial score (nSPS) is 14.2. The van der Waals surface area contributed by atoms with E-state index in [9.17, 15) is 18.8 Å². The molecule has 0 aliphatic carbocycles. The fraction of sp³-hybridized carbons (Fsp3) is 0.318. The number of nitrogens with two attached hydrogens (primary N) is 2. The lowest BCUT2D eigenvalue weighted by atomic mass is 10.1. The summed E-state index contributed by atoms with van der Waals surface area (Å²) in [6, 6.07) is 8.63. The first-order chi connectivity index (χ1) is 17.4. The number of rotatable bonds is 8. The van der Waals surface area contributed by atoms with Gasteiger partial charge in [0.1, 0.15) is 18.5 Å². The molecule has 1 aliphatic rings. The van der Waals surface area contributed by atoms with Crippen LogP contribution >= 0.6 is 0 Å². The zero-order chi connectivity index (χ0) is 27.7. The van der Waals surface area contributed by atoms with Crippen LogP contribution in [0.2, 0.25) is 0 Å². The largest absolute Gasteiger partial charge is 0.485 e. The lowest BCUT2D eigenvalue weighted by Crippen LogP contribution is -2.54. The number of halogens is 1. The van der Waals surface area contributed by atoms with Crippen molar-refractivity contribution in [2.75, 3.05) is 18.0 Å². The number of carboxylic acids is 2. The molecule has 1 aromatic carbocycles. The van der Waals surface area contributed by atoms with E-state index in [0.29, 0.717) is 24.5 Å². The van der Waals surface area contributed by atoms with E-state index in [1.165, 1.54) is 6.07 Å². The number of aryl methyl sites for hydroxylation is 1. The second kappa shape index (κ2) is 13.0. The maximum atomic E-state index is 14.7. The molecule has 0 spiro atoms. The molecule has 0 bridgehead atoms. The van der Waals surface area contributed by atoms with E-state index >= 15 is 0 Å². The van der Waals surface area contributed by atoms with Crippen LogP contribution in [0.3, 0.4) is 0 Å². The predicted octanol–water partition coefficient (Wildman–Crippen LogP) is -0.416. The third-order valence-electron chi connectivity index (χ3n) is 4.81. The van der Waals surface area contributed by atoms with Crippen molar-refractivity contribution >= 4 is 29.7 Å². The first-order valence-corrected chi connectivity index (χ1v) is 10.6. The minimum atomic E-state index is -2.27. The number of aliphatic imine (C=N–C) groups is 1. The summed E-state index contributed by atoms with van der Waals surface area (Å²) < 4.78 is 25.3. The molecule has 1 amide bonds. The average Bonchev–Trinajstić information content (AvgIpc) is 2.81. The molecule has 1 fully saturated rings. The lowest BCUT2D eigenvalue weighted by molar-refractivity contribution is -0.165. The smallest absolute Gasteiger partial charge is 0.437 e. The Morgan fingerprint density at radius 2 is 1.76 bits per heavy atom. The number of aliphatic hydroxyl groups excluding tert-OH is 2. The van der Waals surface area contributed by atoms with Crippen molar-refractivity contribution in [2.45, 2.75) is 31.8 Å². The second-order valence-electron chi connectivity index (χ2n) is 7.69. The molecule has 0 unspecified atom stereocenters.